The first-order chi connectivity index (χ1) is 7.65. The van der Waals surface area contributed by atoms with Gasteiger partial charge in [0.2, 0.25) is 0 Å². The summed E-state index contributed by atoms with van der Waals surface area (Å²) in [5.41, 5.74) is 8.18. The number of nitrogen functional groups attached to an aromatic ring is 1. The lowest BCUT2D eigenvalue weighted by Gasteiger charge is -2.05. The third kappa shape index (κ3) is 3.69. The van der Waals surface area contributed by atoms with Gasteiger partial charge in [-0.1, -0.05) is 37.8 Å². The Kier molecular flexibility index (Phi) is 5.03. The van der Waals surface area contributed by atoms with E-state index >= 15 is 0 Å². The normalized spacial score (nSPS) is 10.4. The van der Waals surface area contributed by atoms with Gasteiger partial charge in [-0.05, 0) is 25.5 Å². The van der Waals surface area contributed by atoms with Crippen LogP contribution in [0, 0.1) is 6.92 Å². The predicted molar refractivity (Wildman–Crippen MR) is 68.7 cm³/mol. The summed E-state index contributed by atoms with van der Waals surface area (Å²) >= 11 is 0. The van der Waals surface area contributed by atoms with Gasteiger partial charge >= 0.3 is 0 Å². The Morgan fingerprint density at radius 3 is 2.69 bits per heavy atom. The summed E-state index contributed by atoms with van der Waals surface area (Å²) in [6, 6.07) is 5.63. The summed E-state index contributed by atoms with van der Waals surface area (Å²) < 4.78 is 0. The Balaban J connectivity index is 2.55. The zero-order valence-corrected chi connectivity index (χ0v) is 10.3. The first-order valence-corrected chi connectivity index (χ1v) is 6.04. The molecule has 0 atom stereocenters. The van der Waals surface area contributed by atoms with Gasteiger partial charge in [0.15, 0.2) is 5.78 Å². The molecule has 88 valence electrons. The van der Waals surface area contributed by atoms with Gasteiger partial charge in [0, 0.05) is 17.7 Å². The van der Waals surface area contributed by atoms with E-state index in [2.05, 4.69) is 6.92 Å². The van der Waals surface area contributed by atoms with Crippen molar-refractivity contribution >= 4 is 11.5 Å². The summed E-state index contributed by atoms with van der Waals surface area (Å²) in [7, 11) is 0. The molecule has 16 heavy (non-hydrogen) atoms. The standard InChI is InChI=1S/C14H21NO/c1-3-4-5-6-7-14(16)12-10-11(2)8-9-13(12)15/h8-10H,3-7,15H2,1-2H3. The minimum absolute atomic E-state index is 0.178. The van der Waals surface area contributed by atoms with Crippen LogP contribution in [0.2, 0.25) is 0 Å². The molecule has 2 nitrogen and oxygen atoms in total. The average molecular weight is 219 g/mol. The number of anilines is 1. The second kappa shape index (κ2) is 6.31. The molecular weight excluding hydrogens is 198 g/mol. The Bertz CT molecular complexity index is 358. The molecule has 1 aromatic carbocycles. The monoisotopic (exact) mass is 219 g/mol. The van der Waals surface area contributed by atoms with Crippen LogP contribution in [0.4, 0.5) is 5.69 Å². The van der Waals surface area contributed by atoms with Crippen molar-refractivity contribution in [1.29, 1.82) is 0 Å². The maximum Gasteiger partial charge on any atom is 0.164 e. The number of rotatable bonds is 6. The van der Waals surface area contributed by atoms with Crippen LogP contribution in [0.25, 0.3) is 0 Å². The van der Waals surface area contributed by atoms with Crippen molar-refractivity contribution < 1.29 is 4.79 Å². The second-order valence-electron chi connectivity index (χ2n) is 4.32. The third-order valence-electron chi connectivity index (χ3n) is 2.77. The highest BCUT2D eigenvalue weighted by molar-refractivity contribution is 6.00. The van der Waals surface area contributed by atoms with Crippen molar-refractivity contribution in [2.75, 3.05) is 5.73 Å². The highest BCUT2D eigenvalue weighted by Gasteiger charge is 2.09. The molecule has 0 spiro atoms. The van der Waals surface area contributed by atoms with Gasteiger partial charge in [-0.25, -0.2) is 0 Å². The lowest BCUT2D eigenvalue weighted by Crippen LogP contribution is -2.04. The molecule has 0 radical (unpaired) electrons. The number of ketones is 1. The Hall–Kier alpha value is -1.31. The van der Waals surface area contributed by atoms with Crippen LogP contribution in [0.15, 0.2) is 18.2 Å². The first-order valence-electron chi connectivity index (χ1n) is 6.04. The SMILES string of the molecule is CCCCCCC(=O)c1cc(C)ccc1N. The first kappa shape index (κ1) is 12.8. The van der Waals surface area contributed by atoms with E-state index in [-0.39, 0.29) is 5.78 Å². The van der Waals surface area contributed by atoms with Crippen LogP contribution in [0.5, 0.6) is 0 Å². The molecule has 0 amide bonds. The minimum atomic E-state index is 0.178. The van der Waals surface area contributed by atoms with Crippen molar-refractivity contribution in [2.24, 2.45) is 0 Å². The Morgan fingerprint density at radius 1 is 1.25 bits per heavy atom. The molecule has 0 unspecified atom stereocenters. The minimum Gasteiger partial charge on any atom is -0.398 e. The molecular formula is C14H21NO. The highest BCUT2D eigenvalue weighted by atomic mass is 16.1. The van der Waals surface area contributed by atoms with Gasteiger partial charge in [-0.3, -0.25) is 4.79 Å². The number of benzene rings is 1. The van der Waals surface area contributed by atoms with Crippen LogP contribution in [0.1, 0.15) is 54.9 Å². The lowest BCUT2D eigenvalue weighted by molar-refractivity contribution is 0.0980. The van der Waals surface area contributed by atoms with E-state index < -0.39 is 0 Å². The molecule has 0 aliphatic heterocycles. The number of carbonyl (C=O) groups is 1. The fourth-order valence-electron chi connectivity index (χ4n) is 1.76. The van der Waals surface area contributed by atoms with E-state index in [1.165, 1.54) is 12.8 Å². The Morgan fingerprint density at radius 2 is 2.00 bits per heavy atom. The number of hydrogen-bond acceptors (Lipinski definition) is 2. The van der Waals surface area contributed by atoms with Crippen LogP contribution in [-0.4, -0.2) is 5.78 Å². The summed E-state index contributed by atoms with van der Waals surface area (Å²) in [6.45, 7) is 4.15. The fraction of sp³-hybridized carbons (Fsp3) is 0.500. The number of unbranched alkanes of at least 4 members (excludes halogenated alkanes) is 3. The third-order valence-corrected chi connectivity index (χ3v) is 2.77. The number of Topliss-reactive ketones (excluding diaryl/α,β-unsaturated/α-hetero) is 1. The predicted octanol–water partition coefficient (Wildman–Crippen LogP) is 3.73. The molecule has 0 heterocycles. The molecule has 0 aromatic heterocycles. The average Bonchev–Trinajstić information content (AvgIpc) is 2.27. The number of nitrogens with two attached hydrogens (primary N) is 1. The van der Waals surface area contributed by atoms with E-state index in [1.54, 1.807) is 0 Å². The molecule has 0 aliphatic rings. The maximum atomic E-state index is 11.9. The molecule has 0 saturated heterocycles. The second-order valence-corrected chi connectivity index (χ2v) is 4.32. The summed E-state index contributed by atoms with van der Waals surface area (Å²) in [5.74, 6) is 0.178. The zero-order valence-electron chi connectivity index (χ0n) is 10.3. The zero-order chi connectivity index (χ0) is 12.0. The van der Waals surface area contributed by atoms with Crippen molar-refractivity contribution in [2.45, 2.75) is 46.0 Å². The van der Waals surface area contributed by atoms with Crippen LogP contribution in [-0.2, 0) is 0 Å². The van der Waals surface area contributed by atoms with Gasteiger partial charge < -0.3 is 5.73 Å². The highest BCUT2D eigenvalue weighted by Crippen LogP contribution is 2.17. The van der Waals surface area contributed by atoms with Crippen molar-refractivity contribution in [3.05, 3.63) is 29.3 Å². The molecule has 0 fully saturated rings. The van der Waals surface area contributed by atoms with E-state index in [4.69, 9.17) is 5.73 Å². The number of aryl methyl sites for hydroxylation is 1. The largest absolute Gasteiger partial charge is 0.398 e. The molecule has 0 aliphatic carbocycles. The van der Waals surface area contributed by atoms with E-state index in [0.717, 1.165) is 18.4 Å². The molecule has 1 rings (SSSR count). The van der Waals surface area contributed by atoms with Crippen molar-refractivity contribution in [3.8, 4) is 0 Å². The van der Waals surface area contributed by atoms with Crippen LogP contribution >= 0.6 is 0 Å². The van der Waals surface area contributed by atoms with Gasteiger partial charge in [0.25, 0.3) is 0 Å². The van der Waals surface area contributed by atoms with Crippen molar-refractivity contribution in [3.63, 3.8) is 0 Å². The van der Waals surface area contributed by atoms with Gasteiger partial charge in [-0.2, -0.15) is 0 Å². The Labute approximate surface area is 97.9 Å². The molecule has 1 aromatic rings. The number of carbonyl (C=O) groups excluding carboxylic acids is 1. The fourth-order valence-corrected chi connectivity index (χ4v) is 1.76. The summed E-state index contributed by atoms with van der Waals surface area (Å²) in [6.07, 6.45) is 5.12. The summed E-state index contributed by atoms with van der Waals surface area (Å²) in [4.78, 5) is 11.9. The van der Waals surface area contributed by atoms with E-state index in [0.29, 0.717) is 17.7 Å². The molecule has 2 N–H and O–H groups in total. The quantitative estimate of drug-likeness (QED) is 0.450. The maximum absolute atomic E-state index is 11.9. The van der Waals surface area contributed by atoms with Crippen LogP contribution < -0.4 is 5.73 Å². The van der Waals surface area contributed by atoms with Gasteiger partial charge in [0.1, 0.15) is 0 Å². The number of hydrogen-bond donors (Lipinski definition) is 1. The van der Waals surface area contributed by atoms with E-state index in [1.807, 2.05) is 25.1 Å². The van der Waals surface area contributed by atoms with Gasteiger partial charge in [0.05, 0.1) is 0 Å². The molecule has 0 bridgehead atoms. The lowest BCUT2D eigenvalue weighted by atomic mass is 10.0. The molecule has 2 heteroatoms. The van der Waals surface area contributed by atoms with E-state index in [9.17, 15) is 4.79 Å². The van der Waals surface area contributed by atoms with Crippen LogP contribution in [0.3, 0.4) is 0 Å². The smallest absolute Gasteiger partial charge is 0.164 e. The topological polar surface area (TPSA) is 43.1 Å². The van der Waals surface area contributed by atoms with Crippen molar-refractivity contribution in [1.82, 2.24) is 0 Å². The molecule has 0 saturated carbocycles. The summed E-state index contributed by atoms with van der Waals surface area (Å²) in [5, 5.41) is 0. The van der Waals surface area contributed by atoms with Gasteiger partial charge in [-0.15, -0.1) is 0 Å².